The summed E-state index contributed by atoms with van der Waals surface area (Å²) in [5, 5.41) is 0. The van der Waals surface area contributed by atoms with Crippen LogP contribution in [0.2, 0.25) is 0 Å². The van der Waals surface area contributed by atoms with Crippen molar-refractivity contribution in [3.63, 3.8) is 0 Å². The number of hydrogen-bond acceptors (Lipinski definition) is 4. The fourth-order valence-corrected chi connectivity index (χ4v) is 3.05. The van der Waals surface area contributed by atoms with Gasteiger partial charge in [0.05, 0.1) is 0 Å². The first-order valence-corrected chi connectivity index (χ1v) is 9.28. The van der Waals surface area contributed by atoms with E-state index in [0.717, 1.165) is 20.9 Å². The molecule has 29 heavy (non-hydrogen) atoms. The largest absolute Gasteiger partial charge is 0.369 e. The van der Waals surface area contributed by atoms with E-state index >= 15 is 0 Å². The number of nitrogens with zero attached hydrogens (tertiary/aromatic N) is 3. The Bertz CT molecular complexity index is 884. The van der Waals surface area contributed by atoms with Crippen molar-refractivity contribution >= 4 is 17.8 Å². The molecule has 6 nitrogen and oxygen atoms in total. The van der Waals surface area contributed by atoms with Crippen LogP contribution >= 0.6 is 0 Å². The van der Waals surface area contributed by atoms with Crippen LogP contribution in [0.15, 0.2) is 84.6 Å². The minimum atomic E-state index is -0.629. The molecule has 148 valence electrons. The van der Waals surface area contributed by atoms with Gasteiger partial charge in [-0.15, -0.1) is 0 Å². The molecule has 1 aliphatic heterocycles. The van der Waals surface area contributed by atoms with Crippen molar-refractivity contribution in [2.45, 2.75) is 13.1 Å². The van der Waals surface area contributed by atoms with Gasteiger partial charge < -0.3 is 4.90 Å². The molecule has 0 N–H and O–H groups in total. The number of urea groups is 1. The fourth-order valence-electron chi connectivity index (χ4n) is 3.05. The van der Waals surface area contributed by atoms with Crippen molar-refractivity contribution < 1.29 is 14.4 Å². The van der Waals surface area contributed by atoms with E-state index in [0.29, 0.717) is 13.1 Å². The quantitative estimate of drug-likeness (QED) is 0.562. The Morgan fingerprint density at radius 2 is 1.21 bits per heavy atom. The second kappa shape index (κ2) is 9.01. The smallest absolute Gasteiger partial charge is 0.333 e. The third-order valence-corrected chi connectivity index (χ3v) is 4.66. The first kappa shape index (κ1) is 20.1. The van der Waals surface area contributed by atoms with E-state index < -0.39 is 17.8 Å². The van der Waals surface area contributed by atoms with Gasteiger partial charge in [0.15, 0.2) is 0 Å². The highest BCUT2D eigenvalue weighted by Crippen LogP contribution is 2.15. The molecule has 2 aromatic rings. The molecule has 3 rings (SSSR count). The third kappa shape index (κ3) is 4.79. The zero-order valence-corrected chi connectivity index (χ0v) is 16.5. The number of allylic oxidation sites excluding steroid dienone is 2. The second-order valence-electron chi connectivity index (χ2n) is 6.81. The van der Waals surface area contributed by atoms with Gasteiger partial charge in [-0.3, -0.25) is 19.4 Å². The molecule has 0 unspecified atom stereocenters. The van der Waals surface area contributed by atoms with Crippen LogP contribution in [0.1, 0.15) is 11.1 Å². The lowest BCUT2D eigenvalue weighted by molar-refractivity contribution is -0.134. The average Bonchev–Trinajstić information content (AvgIpc) is 2.74. The molecule has 2 aromatic carbocycles. The molecule has 0 aliphatic carbocycles. The Morgan fingerprint density at radius 3 is 1.66 bits per heavy atom. The lowest BCUT2D eigenvalue weighted by Crippen LogP contribution is -2.52. The van der Waals surface area contributed by atoms with Crippen molar-refractivity contribution in [3.8, 4) is 0 Å². The van der Waals surface area contributed by atoms with E-state index in [1.165, 1.54) is 20.2 Å². The van der Waals surface area contributed by atoms with Gasteiger partial charge in [-0.2, -0.15) is 0 Å². The number of rotatable bonds is 6. The second-order valence-corrected chi connectivity index (χ2v) is 6.81. The van der Waals surface area contributed by atoms with Gasteiger partial charge in [-0.1, -0.05) is 60.7 Å². The maximum Gasteiger partial charge on any atom is 0.333 e. The number of imide groups is 2. The number of hydrogen-bond donors (Lipinski definition) is 0. The predicted octanol–water partition coefficient (Wildman–Crippen LogP) is 3.18. The van der Waals surface area contributed by atoms with Crippen LogP contribution < -0.4 is 0 Å². The molecule has 0 atom stereocenters. The summed E-state index contributed by atoms with van der Waals surface area (Å²) < 4.78 is 0. The Kier molecular flexibility index (Phi) is 6.24. The summed E-state index contributed by atoms with van der Waals surface area (Å²) in [6, 6.07) is 19.5. The van der Waals surface area contributed by atoms with Crippen molar-refractivity contribution in [1.82, 2.24) is 14.7 Å². The average molecular weight is 389 g/mol. The number of barbiturate groups is 1. The molecule has 1 saturated heterocycles. The monoisotopic (exact) mass is 389 g/mol. The van der Waals surface area contributed by atoms with Crippen LogP contribution in [0.25, 0.3) is 0 Å². The van der Waals surface area contributed by atoms with Gasteiger partial charge >= 0.3 is 6.03 Å². The zero-order chi connectivity index (χ0) is 20.8. The molecule has 0 aromatic heterocycles. The lowest BCUT2D eigenvalue weighted by atomic mass is 10.1. The van der Waals surface area contributed by atoms with Crippen molar-refractivity contribution in [3.05, 3.63) is 95.7 Å². The summed E-state index contributed by atoms with van der Waals surface area (Å²) in [6.07, 6.45) is 4.99. The van der Waals surface area contributed by atoms with E-state index in [2.05, 4.69) is 4.90 Å². The standard InChI is InChI=1S/C23H23N3O3/c1-24-21(27)20(22(28)25(2)23(24)29)14-9-15-26(16-18-10-5-3-6-11-18)17-19-12-7-4-8-13-19/h3-15H,16-17H2,1-2H3/b15-9+. The highest BCUT2D eigenvalue weighted by Gasteiger charge is 2.37. The van der Waals surface area contributed by atoms with E-state index in [-0.39, 0.29) is 5.57 Å². The summed E-state index contributed by atoms with van der Waals surface area (Å²) in [6.45, 7) is 1.35. The summed E-state index contributed by atoms with van der Waals surface area (Å²) in [5.41, 5.74) is 2.26. The van der Waals surface area contributed by atoms with E-state index in [9.17, 15) is 14.4 Å². The number of likely N-dealkylation sites (N-methyl/N-ethyl adjacent to an activating group) is 2. The Labute approximate surface area is 170 Å². The first-order chi connectivity index (χ1) is 14.0. The molecule has 0 radical (unpaired) electrons. The molecule has 6 heteroatoms. The van der Waals surface area contributed by atoms with Crippen molar-refractivity contribution in [2.24, 2.45) is 0 Å². The zero-order valence-electron chi connectivity index (χ0n) is 16.5. The molecular formula is C23H23N3O3. The SMILES string of the molecule is CN1C(=O)C(=C/C=C/N(Cc2ccccc2)Cc2ccccc2)C(=O)N(C)C1=O. The molecule has 1 heterocycles. The molecule has 1 fully saturated rings. The Morgan fingerprint density at radius 1 is 0.759 bits per heavy atom. The van der Waals surface area contributed by atoms with E-state index in [1.54, 1.807) is 6.08 Å². The first-order valence-electron chi connectivity index (χ1n) is 9.28. The van der Waals surface area contributed by atoms with Crippen LogP contribution in [-0.2, 0) is 22.7 Å². The Balaban J connectivity index is 1.81. The topological polar surface area (TPSA) is 60.9 Å². The van der Waals surface area contributed by atoms with Gasteiger partial charge in [0, 0.05) is 27.2 Å². The molecule has 0 spiro atoms. The minimum absolute atomic E-state index is 0.0368. The summed E-state index contributed by atoms with van der Waals surface area (Å²) in [7, 11) is 2.73. The van der Waals surface area contributed by atoms with Gasteiger partial charge in [0.2, 0.25) is 0 Å². The van der Waals surface area contributed by atoms with Crippen LogP contribution in [0.5, 0.6) is 0 Å². The van der Waals surface area contributed by atoms with Gasteiger partial charge in [-0.25, -0.2) is 4.79 Å². The minimum Gasteiger partial charge on any atom is -0.369 e. The highest BCUT2D eigenvalue weighted by molar-refractivity contribution is 6.28. The van der Waals surface area contributed by atoms with E-state index in [1.807, 2.05) is 66.9 Å². The number of carbonyl (C=O) groups is 3. The summed E-state index contributed by atoms with van der Waals surface area (Å²) in [5.74, 6) is -1.19. The van der Waals surface area contributed by atoms with Crippen LogP contribution in [-0.4, -0.2) is 46.6 Å². The molecule has 0 saturated carbocycles. The maximum atomic E-state index is 12.3. The number of amides is 4. The van der Waals surface area contributed by atoms with Gasteiger partial charge in [-0.05, 0) is 29.5 Å². The van der Waals surface area contributed by atoms with Crippen LogP contribution in [0.3, 0.4) is 0 Å². The lowest BCUT2D eigenvalue weighted by Gasteiger charge is -2.28. The predicted molar refractivity (Wildman–Crippen MR) is 110 cm³/mol. The Hall–Kier alpha value is -3.67. The van der Waals surface area contributed by atoms with Crippen molar-refractivity contribution in [1.29, 1.82) is 0 Å². The molecule has 4 amide bonds. The van der Waals surface area contributed by atoms with Crippen LogP contribution in [0.4, 0.5) is 4.79 Å². The highest BCUT2D eigenvalue weighted by atomic mass is 16.2. The number of carbonyl (C=O) groups excluding carboxylic acids is 3. The summed E-state index contributed by atoms with van der Waals surface area (Å²) in [4.78, 5) is 40.4. The molecule has 1 aliphatic rings. The normalized spacial score (nSPS) is 14.7. The maximum absolute atomic E-state index is 12.3. The van der Waals surface area contributed by atoms with Gasteiger partial charge in [0.25, 0.3) is 11.8 Å². The molecule has 0 bridgehead atoms. The van der Waals surface area contributed by atoms with E-state index in [4.69, 9.17) is 0 Å². The number of benzene rings is 2. The van der Waals surface area contributed by atoms with Gasteiger partial charge in [0.1, 0.15) is 5.57 Å². The summed E-state index contributed by atoms with van der Waals surface area (Å²) >= 11 is 0. The van der Waals surface area contributed by atoms with Crippen molar-refractivity contribution in [2.75, 3.05) is 14.1 Å². The fraction of sp³-hybridized carbons (Fsp3) is 0.174. The third-order valence-electron chi connectivity index (χ3n) is 4.66. The van der Waals surface area contributed by atoms with Crippen LogP contribution in [0, 0.1) is 0 Å². The molecular weight excluding hydrogens is 366 g/mol.